The highest BCUT2D eigenvalue weighted by atomic mass is 19.1. The molecule has 112 valence electrons. The van der Waals surface area contributed by atoms with Gasteiger partial charge in [0, 0.05) is 6.04 Å². The number of nitrogens with one attached hydrogen (secondary N) is 2. The van der Waals surface area contributed by atoms with Gasteiger partial charge in [0.1, 0.15) is 17.3 Å². The van der Waals surface area contributed by atoms with Gasteiger partial charge in [-0.1, -0.05) is 19.9 Å². The summed E-state index contributed by atoms with van der Waals surface area (Å²) in [6.45, 7) is 6.30. The normalized spacial score (nSPS) is 12.5. The topological polar surface area (TPSA) is 41.1 Å². The van der Waals surface area contributed by atoms with E-state index in [1.165, 1.54) is 6.07 Å². The first-order valence-corrected chi connectivity index (χ1v) is 6.87. The highest BCUT2D eigenvalue weighted by Gasteiger charge is 2.12. The molecule has 20 heavy (non-hydrogen) atoms. The predicted octanol–water partition coefficient (Wildman–Crippen LogP) is 3.32. The van der Waals surface area contributed by atoms with Crippen LogP contribution < -0.4 is 10.6 Å². The minimum Gasteiger partial charge on any atom is -0.320 e. The lowest BCUT2D eigenvalue weighted by Crippen LogP contribution is -2.34. The maximum atomic E-state index is 13.3. The van der Waals surface area contributed by atoms with Gasteiger partial charge < -0.3 is 10.6 Å². The van der Waals surface area contributed by atoms with E-state index in [4.69, 9.17) is 0 Å². The summed E-state index contributed by atoms with van der Waals surface area (Å²) in [5, 5.41) is 5.29. The van der Waals surface area contributed by atoms with Gasteiger partial charge in [0.15, 0.2) is 0 Å². The quantitative estimate of drug-likeness (QED) is 0.806. The Labute approximate surface area is 118 Å². The number of amides is 1. The molecule has 0 radical (unpaired) electrons. The van der Waals surface area contributed by atoms with Gasteiger partial charge in [-0.2, -0.15) is 0 Å². The standard InChI is InChI=1S/C15H22F2N2O/c1-10(2)7-8-11(3)18-9-14(20)19-15-12(16)5-4-6-13(15)17/h4-6,10-11,18H,7-9H2,1-3H3,(H,19,20). The Kier molecular flexibility index (Phi) is 6.58. The van der Waals surface area contributed by atoms with Crippen molar-refractivity contribution >= 4 is 11.6 Å². The molecule has 1 rings (SSSR count). The summed E-state index contributed by atoms with van der Waals surface area (Å²) < 4.78 is 26.7. The Morgan fingerprint density at radius 1 is 1.15 bits per heavy atom. The lowest BCUT2D eigenvalue weighted by atomic mass is 10.0. The second kappa shape index (κ2) is 7.94. The molecule has 0 aromatic heterocycles. The molecule has 0 heterocycles. The van der Waals surface area contributed by atoms with Crippen LogP contribution in [0.15, 0.2) is 18.2 Å². The van der Waals surface area contributed by atoms with E-state index >= 15 is 0 Å². The third kappa shape index (κ3) is 5.65. The monoisotopic (exact) mass is 284 g/mol. The molecular weight excluding hydrogens is 262 g/mol. The fraction of sp³-hybridized carbons (Fsp3) is 0.533. The van der Waals surface area contributed by atoms with Crippen molar-refractivity contribution in [2.45, 2.75) is 39.7 Å². The van der Waals surface area contributed by atoms with Crippen molar-refractivity contribution in [1.82, 2.24) is 5.32 Å². The average molecular weight is 284 g/mol. The van der Waals surface area contributed by atoms with Crippen LogP contribution in [-0.4, -0.2) is 18.5 Å². The Hall–Kier alpha value is -1.49. The first-order valence-electron chi connectivity index (χ1n) is 6.87. The van der Waals surface area contributed by atoms with Crippen LogP contribution in [0.25, 0.3) is 0 Å². The van der Waals surface area contributed by atoms with E-state index in [-0.39, 0.29) is 12.6 Å². The number of rotatable bonds is 7. The molecule has 0 aliphatic carbocycles. The van der Waals surface area contributed by atoms with E-state index in [0.29, 0.717) is 5.92 Å². The minimum atomic E-state index is -0.772. The highest BCUT2D eigenvalue weighted by Crippen LogP contribution is 2.17. The van der Waals surface area contributed by atoms with E-state index in [2.05, 4.69) is 24.5 Å². The zero-order valence-corrected chi connectivity index (χ0v) is 12.2. The summed E-state index contributed by atoms with van der Waals surface area (Å²) in [6.07, 6.45) is 2.02. The first-order chi connectivity index (χ1) is 9.40. The van der Waals surface area contributed by atoms with Crippen molar-refractivity contribution in [2.24, 2.45) is 5.92 Å². The lowest BCUT2D eigenvalue weighted by molar-refractivity contribution is -0.115. The van der Waals surface area contributed by atoms with Gasteiger partial charge >= 0.3 is 0 Å². The summed E-state index contributed by atoms with van der Waals surface area (Å²) in [6, 6.07) is 3.66. The predicted molar refractivity (Wildman–Crippen MR) is 76.5 cm³/mol. The summed E-state index contributed by atoms with van der Waals surface area (Å²) in [4.78, 5) is 11.7. The second-order valence-electron chi connectivity index (χ2n) is 5.40. The number of halogens is 2. The van der Waals surface area contributed by atoms with Gasteiger partial charge in [0.05, 0.1) is 6.54 Å². The van der Waals surface area contributed by atoms with Crippen LogP contribution in [0.5, 0.6) is 0 Å². The summed E-state index contributed by atoms with van der Waals surface area (Å²) in [5.74, 6) is -1.39. The van der Waals surface area contributed by atoms with Gasteiger partial charge in [-0.25, -0.2) is 8.78 Å². The Morgan fingerprint density at radius 2 is 1.75 bits per heavy atom. The minimum absolute atomic E-state index is 0.0348. The third-order valence-corrected chi connectivity index (χ3v) is 3.02. The molecule has 3 nitrogen and oxygen atoms in total. The Morgan fingerprint density at radius 3 is 2.30 bits per heavy atom. The summed E-state index contributed by atoms with van der Waals surface area (Å²) in [5.41, 5.74) is -0.394. The number of para-hydroxylation sites is 1. The Balaban J connectivity index is 2.40. The fourth-order valence-corrected chi connectivity index (χ4v) is 1.75. The summed E-state index contributed by atoms with van der Waals surface area (Å²) >= 11 is 0. The molecule has 0 saturated heterocycles. The highest BCUT2D eigenvalue weighted by molar-refractivity contribution is 5.92. The molecular formula is C15H22F2N2O. The molecule has 1 amide bonds. The van der Waals surface area contributed by atoms with Crippen LogP contribution in [-0.2, 0) is 4.79 Å². The van der Waals surface area contributed by atoms with Crippen LogP contribution in [0.2, 0.25) is 0 Å². The number of carbonyl (C=O) groups is 1. The van der Waals surface area contributed by atoms with Crippen molar-refractivity contribution in [1.29, 1.82) is 0 Å². The summed E-state index contributed by atoms with van der Waals surface area (Å²) in [7, 11) is 0. The molecule has 0 aliphatic heterocycles. The van der Waals surface area contributed by atoms with E-state index < -0.39 is 23.2 Å². The van der Waals surface area contributed by atoms with E-state index in [9.17, 15) is 13.6 Å². The van der Waals surface area contributed by atoms with Crippen molar-refractivity contribution in [3.8, 4) is 0 Å². The number of carbonyl (C=O) groups excluding carboxylic acids is 1. The molecule has 0 spiro atoms. The first kappa shape index (κ1) is 16.6. The molecule has 0 aliphatic rings. The number of benzene rings is 1. The molecule has 2 N–H and O–H groups in total. The van der Waals surface area contributed by atoms with Gasteiger partial charge in [0.25, 0.3) is 0 Å². The van der Waals surface area contributed by atoms with E-state index in [1.54, 1.807) is 0 Å². The molecule has 0 bridgehead atoms. The van der Waals surface area contributed by atoms with E-state index in [0.717, 1.165) is 25.0 Å². The SMILES string of the molecule is CC(C)CCC(C)NCC(=O)Nc1c(F)cccc1F. The zero-order chi connectivity index (χ0) is 15.1. The van der Waals surface area contributed by atoms with Gasteiger partial charge in [0.2, 0.25) is 5.91 Å². The van der Waals surface area contributed by atoms with Gasteiger partial charge in [-0.15, -0.1) is 0 Å². The molecule has 0 fully saturated rings. The van der Waals surface area contributed by atoms with Crippen LogP contribution in [0.1, 0.15) is 33.6 Å². The van der Waals surface area contributed by atoms with Gasteiger partial charge in [-0.3, -0.25) is 4.79 Å². The maximum absolute atomic E-state index is 13.3. The van der Waals surface area contributed by atoms with Crippen molar-refractivity contribution in [2.75, 3.05) is 11.9 Å². The number of hydrogen-bond donors (Lipinski definition) is 2. The smallest absolute Gasteiger partial charge is 0.238 e. The largest absolute Gasteiger partial charge is 0.320 e. The van der Waals surface area contributed by atoms with Gasteiger partial charge in [-0.05, 0) is 37.8 Å². The molecule has 1 aromatic carbocycles. The molecule has 1 atom stereocenters. The Bertz CT molecular complexity index is 429. The van der Waals surface area contributed by atoms with Crippen molar-refractivity contribution in [3.63, 3.8) is 0 Å². The molecule has 1 aromatic rings. The fourth-order valence-electron chi connectivity index (χ4n) is 1.75. The van der Waals surface area contributed by atoms with Crippen LogP contribution in [0, 0.1) is 17.6 Å². The number of hydrogen-bond acceptors (Lipinski definition) is 2. The van der Waals surface area contributed by atoms with Crippen LogP contribution >= 0.6 is 0 Å². The lowest BCUT2D eigenvalue weighted by Gasteiger charge is -2.15. The van der Waals surface area contributed by atoms with Crippen molar-refractivity contribution < 1.29 is 13.6 Å². The van der Waals surface area contributed by atoms with Crippen molar-refractivity contribution in [3.05, 3.63) is 29.8 Å². The maximum Gasteiger partial charge on any atom is 0.238 e. The molecule has 1 unspecified atom stereocenters. The van der Waals surface area contributed by atoms with Crippen LogP contribution in [0.3, 0.4) is 0 Å². The van der Waals surface area contributed by atoms with Crippen LogP contribution in [0.4, 0.5) is 14.5 Å². The zero-order valence-electron chi connectivity index (χ0n) is 12.2. The third-order valence-electron chi connectivity index (χ3n) is 3.02. The van der Waals surface area contributed by atoms with E-state index in [1.807, 2.05) is 6.92 Å². The second-order valence-corrected chi connectivity index (χ2v) is 5.40. The number of anilines is 1. The molecule has 0 saturated carbocycles. The average Bonchev–Trinajstić information content (AvgIpc) is 2.38. The molecule has 5 heteroatoms.